The van der Waals surface area contributed by atoms with Crippen LogP contribution >= 0.6 is 0 Å². The molecule has 0 aromatic heterocycles. The zero-order valence-corrected chi connectivity index (χ0v) is 8.98. The maximum Gasteiger partial charge on any atom is 0.184 e. The second-order valence-corrected chi connectivity index (χ2v) is 3.54. The molecule has 0 spiro atoms. The third-order valence-electron chi connectivity index (χ3n) is 1.51. The van der Waals surface area contributed by atoms with Crippen LogP contribution in [0.3, 0.4) is 0 Å². The van der Waals surface area contributed by atoms with Crippen LogP contribution < -0.4 is 5.32 Å². The van der Waals surface area contributed by atoms with Gasteiger partial charge in [0.1, 0.15) is 6.73 Å². The third kappa shape index (κ3) is 7.53. The van der Waals surface area contributed by atoms with Crippen LogP contribution in [-0.2, 0) is 4.74 Å². The van der Waals surface area contributed by atoms with Crippen molar-refractivity contribution >= 4 is 5.90 Å². The maximum absolute atomic E-state index is 7.39. The Labute approximate surface area is 80.7 Å². The second-order valence-electron chi connectivity index (χ2n) is 3.54. The van der Waals surface area contributed by atoms with E-state index in [-0.39, 0.29) is 5.92 Å². The predicted octanol–water partition coefficient (Wildman–Crippen LogP) is 2.15. The van der Waals surface area contributed by atoms with E-state index in [1.54, 1.807) is 0 Å². The van der Waals surface area contributed by atoms with Crippen molar-refractivity contribution in [3.8, 4) is 0 Å². The summed E-state index contributed by atoms with van der Waals surface area (Å²) in [5.41, 5.74) is 1.28. The predicted molar refractivity (Wildman–Crippen MR) is 56.0 cm³/mol. The van der Waals surface area contributed by atoms with Crippen LogP contribution in [0.2, 0.25) is 0 Å². The summed E-state index contributed by atoms with van der Waals surface area (Å²) in [5, 5.41) is 10.4. The molecule has 0 aromatic rings. The molecule has 0 aliphatic rings. The van der Waals surface area contributed by atoms with E-state index in [2.05, 4.69) is 25.2 Å². The molecule has 0 saturated carbocycles. The number of nitrogens with one attached hydrogen (secondary N) is 2. The summed E-state index contributed by atoms with van der Waals surface area (Å²) >= 11 is 0. The molecule has 3 nitrogen and oxygen atoms in total. The van der Waals surface area contributed by atoms with Gasteiger partial charge in [0.05, 0.1) is 0 Å². The minimum atomic E-state index is 0.172. The van der Waals surface area contributed by atoms with Gasteiger partial charge in [-0.25, -0.2) is 0 Å². The van der Waals surface area contributed by atoms with Gasteiger partial charge in [-0.05, 0) is 13.8 Å². The van der Waals surface area contributed by atoms with E-state index in [0.717, 1.165) is 6.54 Å². The molecule has 0 fully saturated rings. The zero-order chi connectivity index (χ0) is 10.3. The highest BCUT2D eigenvalue weighted by Gasteiger charge is 2.01. The molecule has 0 aliphatic heterocycles. The molecular weight excluding hydrogens is 164 g/mol. The van der Waals surface area contributed by atoms with Crippen LogP contribution in [0.5, 0.6) is 0 Å². The van der Waals surface area contributed by atoms with Crippen molar-refractivity contribution < 1.29 is 4.74 Å². The number of hydrogen-bond donors (Lipinski definition) is 2. The molecule has 13 heavy (non-hydrogen) atoms. The lowest BCUT2D eigenvalue weighted by molar-refractivity contribution is 0.258. The molecule has 3 heteroatoms. The standard InChI is InChI=1S/C10H20N2O/c1-8(2)5-6-12-7-13-10(11)9(3)4/h5,9,11-12H,6-7H2,1-4H3. The Morgan fingerprint density at radius 1 is 1.46 bits per heavy atom. The summed E-state index contributed by atoms with van der Waals surface area (Å²) in [5.74, 6) is 0.509. The maximum atomic E-state index is 7.39. The topological polar surface area (TPSA) is 45.1 Å². The van der Waals surface area contributed by atoms with E-state index in [1.807, 2.05) is 13.8 Å². The smallest absolute Gasteiger partial charge is 0.184 e. The van der Waals surface area contributed by atoms with Crippen LogP contribution in [0, 0.1) is 11.3 Å². The highest BCUT2D eigenvalue weighted by atomic mass is 16.5. The molecular formula is C10H20N2O. The Morgan fingerprint density at radius 2 is 2.08 bits per heavy atom. The third-order valence-corrected chi connectivity index (χ3v) is 1.51. The van der Waals surface area contributed by atoms with Crippen LogP contribution in [-0.4, -0.2) is 19.2 Å². The first kappa shape index (κ1) is 12.2. The van der Waals surface area contributed by atoms with Gasteiger partial charge < -0.3 is 4.74 Å². The van der Waals surface area contributed by atoms with Gasteiger partial charge in [0, 0.05) is 12.5 Å². The lowest BCUT2D eigenvalue weighted by atomic mass is 10.2. The number of allylic oxidation sites excluding steroid dienone is 1. The van der Waals surface area contributed by atoms with Gasteiger partial charge in [-0.1, -0.05) is 25.5 Å². The molecule has 0 unspecified atom stereocenters. The van der Waals surface area contributed by atoms with Gasteiger partial charge in [-0.2, -0.15) is 0 Å². The van der Waals surface area contributed by atoms with Crippen LogP contribution in [0.25, 0.3) is 0 Å². The second kappa shape index (κ2) is 6.66. The molecule has 76 valence electrons. The quantitative estimate of drug-likeness (QED) is 0.226. The minimum absolute atomic E-state index is 0.172. The molecule has 0 bridgehead atoms. The molecule has 0 rings (SSSR count). The normalized spacial score (nSPS) is 9.92. The summed E-state index contributed by atoms with van der Waals surface area (Å²) in [6.07, 6.45) is 2.09. The fourth-order valence-corrected chi connectivity index (χ4v) is 0.631. The van der Waals surface area contributed by atoms with Crippen molar-refractivity contribution in [3.63, 3.8) is 0 Å². The zero-order valence-electron chi connectivity index (χ0n) is 8.98. The van der Waals surface area contributed by atoms with Gasteiger partial charge in [0.2, 0.25) is 0 Å². The van der Waals surface area contributed by atoms with Gasteiger partial charge in [0.15, 0.2) is 5.90 Å². The Kier molecular flexibility index (Phi) is 6.24. The number of ether oxygens (including phenoxy) is 1. The fourth-order valence-electron chi connectivity index (χ4n) is 0.631. The van der Waals surface area contributed by atoms with Crippen molar-refractivity contribution in [3.05, 3.63) is 11.6 Å². The SMILES string of the molecule is CC(C)=CCNCOC(=N)C(C)C. The summed E-state index contributed by atoms with van der Waals surface area (Å²) in [4.78, 5) is 0. The van der Waals surface area contributed by atoms with Crippen molar-refractivity contribution in [1.82, 2.24) is 5.32 Å². The van der Waals surface area contributed by atoms with Gasteiger partial charge in [-0.15, -0.1) is 0 Å². The van der Waals surface area contributed by atoms with Gasteiger partial charge in [-0.3, -0.25) is 10.7 Å². The van der Waals surface area contributed by atoms with Crippen LogP contribution in [0.4, 0.5) is 0 Å². The minimum Gasteiger partial charge on any atom is -0.465 e. The first-order valence-electron chi connectivity index (χ1n) is 4.59. The Morgan fingerprint density at radius 3 is 2.54 bits per heavy atom. The van der Waals surface area contributed by atoms with Crippen LogP contribution in [0.1, 0.15) is 27.7 Å². The average Bonchev–Trinajstić information content (AvgIpc) is 2.02. The lowest BCUT2D eigenvalue weighted by Gasteiger charge is -2.09. The Hall–Kier alpha value is -0.830. The molecule has 0 heterocycles. The molecule has 0 saturated heterocycles. The summed E-state index contributed by atoms with van der Waals surface area (Å²) < 4.78 is 5.13. The number of hydrogen-bond acceptors (Lipinski definition) is 3. The van der Waals surface area contributed by atoms with Gasteiger partial charge in [0.25, 0.3) is 0 Å². The first-order chi connectivity index (χ1) is 6.04. The summed E-state index contributed by atoms with van der Waals surface area (Å²) in [6, 6.07) is 0. The van der Waals surface area contributed by atoms with Crippen molar-refractivity contribution in [2.45, 2.75) is 27.7 Å². The summed E-state index contributed by atoms with van der Waals surface area (Å²) in [6.45, 7) is 9.21. The first-order valence-corrected chi connectivity index (χ1v) is 4.59. The molecule has 0 radical (unpaired) electrons. The molecule has 0 amide bonds. The largest absolute Gasteiger partial charge is 0.465 e. The van der Waals surface area contributed by atoms with E-state index in [4.69, 9.17) is 10.1 Å². The fraction of sp³-hybridized carbons (Fsp3) is 0.700. The monoisotopic (exact) mass is 184 g/mol. The molecule has 0 aliphatic carbocycles. The number of rotatable bonds is 5. The average molecular weight is 184 g/mol. The van der Waals surface area contributed by atoms with Crippen molar-refractivity contribution in [1.29, 1.82) is 5.41 Å². The van der Waals surface area contributed by atoms with E-state index >= 15 is 0 Å². The highest BCUT2D eigenvalue weighted by molar-refractivity contribution is 5.74. The summed E-state index contributed by atoms with van der Waals surface area (Å²) in [7, 11) is 0. The van der Waals surface area contributed by atoms with Gasteiger partial charge >= 0.3 is 0 Å². The lowest BCUT2D eigenvalue weighted by Crippen LogP contribution is -2.22. The van der Waals surface area contributed by atoms with Crippen molar-refractivity contribution in [2.75, 3.05) is 13.3 Å². The Bertz CT molecular complexity index is 181. The van der Waals surface area contributed by atoms with E-state index in [1.165, 1.54) is 5.57 Å². The molecule has 2 N–H and O–H groups in total. The van der Waals surface area contributed by atoms with Crippen molar-refractivity contribution in [2.24, 2.45) is 5.92 Å². The highest BCUT2D eigenvalue weighted by Crippen LogP contribution is 1.94. The van der Waals surface area contributed by atoms with E-state index in [9.17, 15) is 0 Å². The van der Waals surface area contributed by atoms with E-state index < -0.39 is 0 Å². The Balaban J connectivity index is 3.36. The molecule has 0 aromatic carbocycles. The van der Waals surface area contributed by atoms with E-state index in [0.29, 0.717) is 12.6 Å². The van der Waals surface area contributed by atoms with Crippen LogP contribution in [0.15, 0.2) is 11.6 Å². The molecule has 0 atom stereocenters.